The van der Waals surface area contributed by atoms with Crippen LogP contribution in [0.5, 0.6) is 0 Å². The topological polar surface area (TPSA) is 91.5 Å². The highest BCUT2D eigenvalue weighted by Crippen LogP contribution is 2.24. The number of nitrogens with two attached hydrogens (primary N) is 1. The van der Waals surface area contributed by atoms with E-state index in [0.717, 1.165) is 17.8 Å². The van der Waals surface area contributed by atoms with Crippen LogP contribution in [0.15, 0.2) is 0 Å². The fourth-order valence-corrected chi connectivity index (χ4v) is 2.58. The predicted molar refractivity (Wildman–Crippen MR) is 80.6 cm³/mol. The zero-order valence-corrected chi connectivity index (χ0v) is 13.7. The Bertz CT molecular complexity index is 511. The predicted octanol–water partition coefficient (Wildman–Crippen LogP) is 2.30. The summed E-state index contributed by atoms with van der Waals surface area (Å²) in [6.45, 7) is 7.87. The molecule has 0 unspecified atom stereocenters. The molecule has 0 aliphatic carbocycles. The quantitative estimate of drug-likeness (QED) is 0.776. The summed E-state index contributed by atoms with van der Waals surface area (Å²) in [5.74, 6) is -0.991. The molecule has 0 aromatic carbocycles. The smallest absolute Gasteiger partial charge is 0.367 e. The fraction of sp³-hybridized carbons (Fsp3) is 0.643. The van der Waals surface area contributed by atoms with Gasteiger partial charge in [0.15, 0.2) is 0 Å². The van der Waals surface area contributed by atoms with E-state index >= 15 is 0 Å². The summed E-state index contributed by atoms with van der Waals surface area (Å²) in [6.07, 6.45) is 1.45. The van der Waals surface area contributed by atoms with Gasteiger partial charge in [-0.05, 0) is 47.1 Å². The minimum absolute atomic E-state index is 0.168. The van der Waals surface area contributed by atoms with Gasteiger partial charge in [0.2, 0.25) is 5.01 Å². The van der Waals surface area contributed by atoms with Crippen molar-refractivity contribution in [1.29, 1.82) is 0 Å². The summed E-state index contributed by atoms with van der Waals surface area (Å²) in [5, 5.41) is 0.168. The normalized spacial score (nSPS) is 11.3. The van der Waals surface area contributed by atoms with E-state index in [4.69, 9.17) is 15.2 Å². The Morgan fingerprint density at radius 2 is 2.00 bits per heavy atom. The van der Waals surface area contributed by atoms with Gasteiger partial charge in [0.05, 0.1) is 12.3 Å². The minimum Gasteiger partial charge on any atom is -0.461 e. The Balaban J connectivity index is 2.81. The first-order valence-electron chi connectivity index (χ1n) is 6.88. The number of rotatable bonds is 7. The average Bonchev–Trinajstić information content (AvgIpc) is 2.78. The van der Waals surface area contributed by atoms with E-state index in [1.54, 1.807) is 13.8 Å². The zero-order valence-electron chi connectivity index (χ0n) is 12.9. The molecule has 1 aromatic heterocycles. The van der Waals surface area contributed by atoms with Gasteiger partial charge in [0.1, 0.15) is 10.5 Å². The third-order valence-corrected chi connectivity index (χ3v) is 3.90. The molecule has 7 heteroatoms. The molecule has 0 radical (unpaired) electrons. The molecule has 0 bridgehead atoms. The summed E-state index contributed by atoms with van der Waals surface area (Å²) in [7, 11) is 0. The van der Waals surface area contributed by atoms with Gasteiger partial charge in [0, 0.05) is 0 Å². The van der Waals surface area contributed by atoms with Crippen molar-refractivity contribution in [3.05, 3.63) is 15.6 Å². The number of carbonyl (C=O) groups is 2. The molecule has 0 amide bonds. The lowest BCUT2D eigenvalue weighted by Crippen LogP contribution is -2.28. The second-order valence-corrected chi connectivity index (χ2v) is 6.19. The van der Waals surface area contributed by atoms with Gasteiger partial charge in [-0.25, -0.2) is 14.6 Å². The largest absolute Gasteiger partial charge is 0.461 e. The average molecular weight is 314 g/mol. The number of ether oxygens (including phenoxy) is 2. The Morgan fingerprint density at radius 3 is 2.57 bits per heavy atom. The molecule has 0 saturated carbocycles. The lowest BCUT2D eigenvalue weighted by atomic mass is 10.0. The van der Waals surface area contributed by atoms with Crippen molar-refractivity contribution in [2.45, 2.75) is 46.1 Å². The number of hydrogen-bond acceptors (Lipinski definition) is 7. The van der Waals surface area contributed by atoms with E-state index < -0.39 is 17.5 Å². The minimum atomic E-state index is -0.600. The fourth-order valence-electron chi connectivity index (χ4n) is 1.74. The van der Waals surface area contributed by atoms with Crippen LogP contribution in [0.1, 0.15) is 58.8 Å². The Labute approximate surface area is 128 Å². The zero-order chi connectivity index (χ0) is 16.0. The molecule has 21 heavy (non-hydrogen) atoms. The SMILES string of the molecule is CCOC(=O)c1nc(C)c(C(=O)OC(C)(C)CCCN)s1. The van der Waals surface area contributed by atoms with Crippen LogP contribution in [0.4, 0.5) is 0 Å². The summed E-state index contributed by atoms with van der Waals surface area (Å²) >= 11 is 0.995. The highest BCUT2D eigenvalue weighted by molar-refractivity contribution is 7.15. The van der Waals surface area contributed by atoms with Crippen molar-refractivity contribution >= 4 is 23.3 Å². The molecule has 0 saturated heterocycles. The third-order valence-electron chi connectivity index (χ3n) is 2.78. The molecule has 0 aliphatic heterocycles. The summed E-state index contributed by atoms with van der Waals surface area (Å²) in [5.41, 5.74) is 5.34. The van der Waals surface area contributed by atoms with Crippen LogP contribution in [-0.2, 0) is 9.47 Å². The molecular weight excluding hydrogens is 292 g/mol. The van der Waals surface area contributed by atoms with Crippen LogP contribution in [0.2, 0.25) is 0 Å². The van der Waals surface area contributed by atoms with Gasteiger partial charge in [0.25, 0.3) is 0 Å². The molecule has 0 fully saturated rings. The standard InChI is InChI=1S/C14H22N2O4S/c1-5-19-13(18)11-16-9(2)10(21-11)12(17)20-14(3,4)7-6-8-15/h5-8,15H2,1-4H3. The van der Waals surface area contributed by atoms with Crippen molar-refractivity contribution in [1.82, 2.24) is 4.98 Å². The highest BCUT2D eigenvalue weighted by Gasteiger charge is 2.27. The maximum absolute atomic E-state index is 12.2. The highest BCUT2D eigenvalue weighted by atomic mass is 32.1. The van der Waals surface area contributed by atoms with E-state index in [-0.39, 0.29) is 11.6 Å². The van der Waals surface area contributed by atoms with Gasteiger partial charge in [-0.3, -0.25) is 0 Å². The maximum atomic E-state index is 12.2. The summed E-state index contributed by atoms with van der Waals surface area (Å²) in [4.78, 5) is 28.2. The number of hydrogen-bond donors (Lipinski definition) is 1. The van der Waals surface area contributed by atoms with E-state index in [2.05, 4.69) is 4.98 Å². The summed E-state index contributed by atoms with van der Waals surface area (Å²) < 4.78 is 10.4. The number of nitrogens with zero attached hydrogens (tertiary/aromatic N) is 1. The van der Waals surface area contributed by atoms with Crippen molar-refractivity contribution in [2.75, 3.05) is 13.2 Å². The Hall–Kier alpha value is -1.47. The molecule has 6 nitrogen and oxygen atoms in total. The van der Waals surface area contributed by atoms with E-state index in [1.807, 2.05) is 13.8 Å². The molecule has 1 rings (SSSR count). The lowest BCUT2D eigenvalue weighted by Gasteiger charge is -2.24. The molecule has 0 atom stereocenters. The second-order valence-electron chi connectivity index (χ2n) is 5.20. The van der Waals surface area contributed by atoms with E-state index in [9.17, 15) is 9.59 Å². The van der Waals surface area contributed by atoms with Crippen LogP contribution >= 0.6 is 11.3 Å². The Kier molecular flexibility index (Phi) is 6.29. The molecule has 118 valence electrons. The molecular formula is C14H22N2O4S. The van der Waals surface area contributed by atoms with Gasteiger partial charge in [-0.2, -0.15) is 0 Å². The van der Waals surface area contributed by atoms with Crippen molar-refractivity contribution < 1.29 is 19.1 Å². The van der Waals surface area contributed by atoms with Crippen LogP contribution < -0.4 is 5.73 Å². The number of thiazole rings is 1. The van der Waals surface area contributed by atoms with E-state index in [0.29, 0.717) is 23.5 Å². The third kappa shape index (κ3) is 5.09. The van der Waals surface area contributed by atoms with Crippen molar-refractivity contribution in [2.24, 2.45) is 5.73 Å². The number of carbonyl (C=O) groups excluding carboxylic acids is 2. The second kappa shape index (κ2) is 7.51. The van der Waals surface area contributed by atoms with Crippen molar-refractivity contribution in [3.8, 4) is 0 Å². The first kappa shape index (κ1) is 17.6. The van der Waals surface area contributed by atoms with E-state index in [1.165, 1.54) is 0 Å². The summed E-state index contributed by atoms with van der Waals surface area (Å²) in [6, 6.07) is 0. The van der Waals surface area contributed by atoms with Gasteiger partial charge >= 0.3 is 11.9 Å². The van der Waals surface area contributed by atoms with Gasteiger partial charge in [-0.15, -0.1) is 0 Å². The number of esters is 2. The first-order valence-corrected chi connectivity index (χ1v) is 7.70. The molecule has 1 heterocycles. The van der Waals surface area contributed by atoms with Crippen molar-refractivity contribution in [3.63, 3.8) is 0 Å². The number of aromatic nitrogens is 1. The van der Waals surface area contributed by atoms with Gasteiger partial charge < -0.3 is 15.2 Å². The van der Waals surface area contributed by atoms with Crippen LogP contribution in [0.3, 0.4) is 0 Å². The van der Waals surface area contributed by atoms with Gasteiger partial charge in [-0.1, -0.05) is 11.3 Å². The Morgan fingerprint density at radius 1 is 1.33 bits per heavy atom. The lowest BCUT2D eigenvalue weighted by molar-refractivity contribution is -0.00457. The van der Waals surface area contributed by atoms with Crippen LogP contribution in [0, 0.1) is 6.92 Å². The maximum Gasteiger partial charge on any atom is 0.367 e. The molecule has 0 spiro atoms. The monoisotopic (exact) mass is 314 g/mol. The molecule has 1 aromatic rings. The molecule has 0 aliphatic rings. The molecule has 2 N–H and O–H groups in total. The van der Waals surface area contributed by atoms with Crippen LogP contribution in [0.25, 0.3) is 0 Å². The first-order chi connectivity index (χ1) is 9.80. The number of aryl methyl sites for hydroxylation is 1. The van der Waals surface area contributed by atoms with Crippen LogP contribution in [-0.4, -0.2) is 35.7 Å².